The van der Waals surface area contributed by atoms with E-state index in [4.69, 9.17) is 9.47 Å². The number of fused-ring (bicyclic) bond motifs is 1. The second kappa shape index (κ2) is 5.67. The minimum absolute atomic E-state index is 0.136. The third-order valence-electron chi connectivity index (χ3n) is 5.37. The highest BCUT2D eigenvalue weighted by Crippen LogP contribution is 2.48. The molecule has 2 aliphatic rings. The number of amides is 1. The van der Waals surface area contributed by atoms with Crippen LogP contribution >= 0.6 is 11.3 Å². The van der Waals surface area contributed by atoms with Gasteiger partial charge in [-0.2, -0.15) is 4.98 Å². The first-order chi connectivity index (χ1) is 11.6. The molecule has 1 amide bonds. The lowest BCUT2D eigenvalue weighted by Crippen LogP contribution is -2.65. The lowest BCUT2D eigenvalue weighted by molar-refractivity contribution is -0.0484. The van der Waals surface area contributed by atoms with Crippen LogP contribution in [0.4, 0.5) is 0 Å². The van der Waals surface area contributed by atoms with Crippen LogP contribution in [-0.4, -0.2) is 47.1 Å². The van der Waals surface area contributed by atoms with Gasteiger partial charge in [-0.3, -0.25) is 4.79 Å². The minimum atomic E-state index is 0.136. The largest absolute Gasteiger partial charge is 0.480 e. The molecule has 0 aromatic carbocycles. The maximum atomic E-state index is 13.1. The van der Waals surface area contributed by atoms with E-state index in [0.29, 0.717) is 18.3 Å². The average Bonchev–Trinajstić information content (AvgIpc) is 2.81. The Labute approximate surface area is 144 Å². The monoisotopic (exact) mass is 347 g/mol. The SMILES string of the molecule is COCc1nc(OC)c2c(C)c(C(=O)N3CCC34CCC4)sc2n1. The smallest absolute Gasteiger partial charge is 0.264 e. The zero-order chi connectivity index (χ0) is 16.9. The van der Waals surface area contributed by atoms with Gasteiger partial charge >= 0.3 is 0 Å². The number of likely N-dealkylation sites (tertiary alicyclic amines) is 1. The van der Waals surface area contributed by atoms with Crippen molar-refractivity contribution in [1.82, 2.24) is 14.9 Å². The molecule has 0 radical (unpaired) electrons. The number of carbonyl (C=O) groups is 1. The summed E-state index contributed by atoms with van der Waals surface area (Å²) in [5, 5.41) is 0.842. The summed E-state index contributed by atoms with van der Waals surface area (Å²) in [6.07, 6.45) is 4.66. The number of hydrogen-bond acceptors (Lipinski definition) is 6. The standard InChI is InChI=1S/C17H21N3O3S/c1-10-12-14(23-3)18-11(9-22-2)19-15(12)24-13(10)16(21)20-8-7-17(20)5-4-6-17/h4-9H2,1-3H3. The molecule has 6 nitrogen and oxygen atoms in total. The minimum Gasteiger partial charge on any atom is -0.480 e. The van der Waals surface area contributed by atoms with Gasteiger partial charge in [0.05, 0.1) is 17.4 Å². The Morgan fingerprint density at radius 2 is 2.08 bits per heavy atom. The van der Waals surface area contributed by atoms with Crippen molar-refractivity contribution in [3.05, 3.63) is 16.3 Å². The van der Waals surface area contributed by atoms with Crippen LogP contribution < -0.4 is 4.74 Å². The van der Waals surface area contributed by atoms with Crippen LogP contribution in [0.15, 0.2) is 0 Å². The summed E-state index contributed by atoms with van der Waals surface area (Å²) in [6.45, 7) is 3.15. The number of aromatic nitrogens is 2. The van der Waals surface area contributed by atoms with Crippen LogP contribution in [0.3, 0.4) is 0 Å². The first kappa shape index (κ1) is 15.8. The number of carbonyl (C=O) groups excluding carboxylic acids is 1. The van der Waals surface area contributed by atoms with E-state index in [-0.39, 0.29) is 11.4 Å². The van der Waals surface area contributed by atoms with Crippen molar-refractivity contribution in [3.8, 4) is 5.88 Å². The Bertz CT molecular complexity index is 807. The van der Waals surface area contributed by atoms with Gasteiger partial charge in [-0.25, -0.2) is 4.98 Å². The molecule has 128 valence electrons. The number of methoxy groups -OCH3 is 2. The molecule has 1 spiro atoms. The molecule has 2 aromatic heterocycles. The van der Waals surface area contributed by atoms with Crippen LogP contribution in [0.25, 0.3) is 10.2 Å². The van der Waals surface area contributed by atoms with Gasteiger partial charge in [0.1, 0.15) is 11.4 Å². The summed E-state index contributed by atoms with van der Waals surface area (Å²) < 4.78 is 10.6. The third kappa shape index (κ3) is 2.14. The van der Waals surface area contributed by atoms with Gasteiger partial charge in [-0.05, 0) is 38.2 Å². The first-order valence-electron chi connectivity index (χ1n) is 8.24. The Hall–Kier alpha value is -1.73. The van der Waals surface area contributed by atoms with Crippen LogP contribution in [0.2, 0.25) is 0 Å². The zero-order valence-corrected chi connectivity index (χ0v) is 15.0. The van der Waals surface area contributed by atoms with Gasteiger partial charge in [-0.1, -0.05) is 0 Å². The Balaban J connectivity index is 1.76. The first-order valence-corrected chi connectivity index (χ1v) is 9.06. The number of thiophene rings is 1. The van der Waals surface area contributed by atoms with Crippen molar-refractivity contribution in [2.75, 3.05) is 20.8 Å². The molecule has 4 rings (SSSR count). The summed E-state index contributed by atoms with van der Waals surface area (Å²) in [5.74, 6) is 1.22. The van der Waals surface area contributed by atoms with E-state index in [1.54, 1.807) is 14.2 Å². The van der Waals surface area contributed by atoms with Gasteiger partial charge in [0.15, 0.2) is 5.82 Å². The highest BCUT2D eigenvalue weighted by Gasteiger charge is 2.51. The van der Waals surface area contributed by atoms with Crippen LogP contribution in [-0.2, 0) is 11.3 Å². The summed E-state index contributed by atoms with van der Waals surface area (Å²) in [7, 11) is 3.20. The van der Waals surface area contributed by atoms with Gasteiger partial charge in [0.25, 0.3) is 5.91 Å². The molecule has 1 aliphatic heterocycles. The van der Waals surface area contributed by atoms with Crippen molar-refractivity contribution >= 4 is 27.5 Å². The molecule has 0 bridgehead atoms. The van der Waals surface area contributed by atoms with Crippen LogP contribution in [0.5, 0.6) is 5.88 Å². The second-order valence-corrected chi connectivity index (χ2v) is 7.60. The summed E-state index contributed by atoms with van der Waals surface area (Å²) in [6, 6.07) is 0. The molecule has 0 unspecified atom stereocenters. The average molecular weight is 347 g/mol. The molecule has 1 aliphatic carbocycles. The normalized spacial score (nSPS) is 18.5. The molecular formula is C17H21N3O3S. The quantitative estimate of drug-likeness (QED) is 0.851. The topological polar surface area (TPSA) is 64.6 Å². The third-order valence-corrected chi connectivity index (χ3v) is 6.54. The van der Waals surface area contributed by atoms with Crippen LogP contribution in [0.1, 0.15) is 46.7 Å². The predicted octanol–water partition coefficient (Wildman–Crippen LogP) is 2.92. The van der Waals surface area contributed by atoms with Gasteiger partial charge in [-0.15, -0.1) is 11.3 Å². The molecule has 7 heteroatoms. The Morgan fingerprint density at radius 3 is 2.62 bits per heavy atom. The van der Waals surface area contributed by atoms with Gasteiger partial charge in [0, 0.05) is 19.2 Å². The van der Waals surface area contributed by atoms with Crippen molar-refractivity contribution in [1.29, 1.82) is 0 Å². The van der Waals surface area contributed by atoms with E-state index >= 15 is 0 Å². The number of hydrogen-bond donors (Lipinski definition) is 0. The van der Waals surface area contributed by atoms with Gasteiger partial charge in [0.2, 0.25) is 5.88 Å². The molecule has 2 fully saturated rings. The summed E-state index contributed by atoms with van der Waals surface area (Å²) in [4.78, 5) is 25.6. The maximum Gasteiger partial charge on any atom is 0.264 e. The highest BCUT2D eigenvalue weighted by atomic mass is 32.1. The van der Waals surface area contributed by atoms with Gasteiger partial charge < -0.3 is 14.4 Å². The van der Waals surface area contributed by atoms with E-state index in [9.17, 15) is 4.79 Å². The summed E-state index contributed by atoms with van der Waals surface area (Å²) >= 11 is 1.44. The summed E-state index contributed by atoms with van der Waals surface area (Å²) in [5.41, 5.74) is 1.07. The molecule has 2 aromatic rings. The predicted molar refractivity (Wildman–Crippen MR) is 91.7 cm³/mol. The molecule has 0 N–H and O–H groups in total. The molecule has 3 heterocycles. The van der Waals surface area contributed by atoms with E-state index in [2.05, 4.69) is 14.9 Å². The maximum absolute atomic E-state index is 13.1. The van der Waals surface area contributed by atoms with Crippen molar-refractivity contribution in [3.63, 3.8) is 0 Å². The van der Waals surface area contributed by atoms with E-state index in [0.717, 1.165) is 46.5 Å². The Kier molecular flexibility index (Phi) is 3.73. The van der Waals surface area contributed by atoms with Crippen molar-refractivity contribution < 1.29 is 14.3 Å². The van der Waals surface area contributed by atoms with Crippen LogP contribution in [0, 0.1) is 6.92 Å². The molecule has 1 saturated heterocycles. The zero-order valence-electron chi connectivity index (χ0n) is 14.2. The fourth-order valence-electron chi connectivity index (χ4n) is 3.77. The van der Waals surface area contributed by atoms with E-state index in [1.165, 1.54) is 17.8 Å². The fraction of sp³-hybridized carbons (Fsp3) is 0.588. The number of aryl methyl sites for hydroxylation is 1. The number of nitrogens with zero attached hydrogens (tertiary/aromatic N) is 3. The molecular weight excluding hydrogens is 326 g/mol. The van der Waals surface area contributed by atoms with Crippen molar-refractivity contribution in [2.24, 2.45) is 0 Å². The highest BCUT2D eigenvalue weighted by molar-refractivity contribution is 7.20. The molecule has 24 heavy (non-hydrogen) atoms. The number of ether oxygens (including phenoxy) is 2. The lowest BCUT2D eigenvalue weighted by atomic mass is 9.68. The van der Waals surface area contributed by atoms with E-state index in [1.807, 2.05) is 6.92 Å². The van der Waals surface area contributed by atoms with Crippen molar-refractivity contribution in [2.45, 2.75) is 44.8 Å². The molecule has 0 atom stereocenters. The lowest BCUT2D eigenvalue weighted by Gasteiger charge is -2.58. The molecule has 1 saturated carbocycles. The number of rotatable bonds is 4. The van der Waals surface area contributed by atoms with E-state index < -0.39 is 0 Å². The fourth-order valence-corrected chi connectivity index (χ4v) is 4.91. The second-order valence-electron chi connectivity index (χ2n) is 6.60. The Morgan fingerprint density at radius 1 is 1.29 bits per heavy atom.